The maximum atomic E-state index is 11.9. The van der Waals surface area contributed by atoms with Crippen molar-refractivity contribution < 1.29 is 4.79 Å². The molecule has 1 aromatic carbocycles. The lowest BCUT2D eigenvalue weighted by Crippen LogP contribution is -2.10. The Morgan fingerprint density at radius 1 is 1.23 bits per heavy atom. The summed E-state index contributed by atoms with van der Waals surface area (Å²) in [5.74, 6) is 0.622. The van der Waals surface area contributed by atoms with Gasteiger partial charge >= 0.3 is 0 Å². The molecule has 0 bridgehead atoms. The topological polar surface area (TPSA) is 54.9 Å². The average Bonchev–Trinajstić information content (AvgIpc) is 3.18. The number of nitrogens with one attached hydrogen (secondary N) is 1. The van der Waals surface area contributed by atoms with Gasteiger partial charge in [0, 0.05) is 16.2 Å². The summed E-state index contributed by atoms with van der Waals surface area (Å²) in [6.07, 6.45) is 0. The number of amides is 1. The van der Waals surface area contributed by atoms with Gasteiger partial charge in [0.1, 0.15) is 0 Å². The first kappa shape index (κ1) is 15.5. The summed E-state index contributed by atoms with van der Waals surface area (Å²) >= 11 is 10.3. The van der Waals surface area contributed by atoms with E-state index in [-0.39, 0.29) is 5.91 Å². The SMILES string of the molecule is O=C(Nc1nnc(SCc2ccc(Cl)cc2)s1)c1ccsc1. The van der Waals surface area contributed by atoms with Crippen LogP contribution in [0.1, 0.15) is 15.9 Å². The van der Waals surface area contributed by atoms with E-state index in [1.165, 1.54) is 22.7 Å². The fourth-order valence-corrected chi connectivity index (χ4v) is 4.07. The highest BCUT2D eigenvalue weighted by Crippen LogP contribution is 2.28. The number of aromatic nitrogens is 2. The summed E-state index contributed by atoms with van der Waals surface area (Å²) in [6.45, 7) is 0. The van der Waals surface area contributed by atoms with Gasteiger partial charge in [-0.05, 0) is 29.1 Å². The van der Waals surface area contributed by atoms with Gasteiger partial charge in [0.15, 0.2) is 4.34 Å². The number of nitrogens with zero attached hydrogens (tertiary/aromatic N) is 2. The monoisotopic (exact) mass is 367 g/mol. The Kier molecular flexibility index (Phi) is 5.09. The molecule has 3 aromatic rings. The van der Waals surface area contributed by atoms with E-state index in [0.29, 0.717) is 10.7 Å². The Labute approximate surface area is 144 Å². The second-order valence-electron chi connectivity index (χ2n) is 4.25. The van der Waals surface area contributed by atoms with Gasteiger partial charge in [0.05, 0.1) is 5.56 Å². The molecule has 0 radical (unpaired) electrons. The molecule has 0 fully saturated rings. The van der Waals surface area contributed by atoms with Gasteiger partial charge in [-0.15, -0.1) is 10.2 Å². The summed E-state index contributed by atoms with van der Waals surface area (Å²) < 4.78 is 0.815. The van der Waals surface area contributed by atoms with Crippen LogP contribution >= 0.6 is 46.0 Å². The normalized spacial score (nSPS) is 10.6. The van der Waals surface area contributed by atoms with Crippen molar-refractivity contribution in [1.29, 1.82) is 0 Å². The molecule has 0 unspecified atom stereocenters. The van der Waals surface area contributed by atoms with Crippen LogP contribution in [-0.2, 0) is 5.75 Å². The van der Waals surface area contributed by atoms with Crippen LogP contribution < -0.4 is 5.32 Å². The van der Waals surface area contributed by atoms with Crippen molar-refractivity contribution in [2.24, 2.45) is 0 Å². The fourth-order valence-electron chi connectivity index (χ4n) is 1.61. The van der Waals surface area contributed by atoms with Crippen LogP contribution in [0.3, 0.4) is 0 Å². The number of rotatable bonds is 5. The largest absolute Gasteiger partial charge is 0.296 e. The van der Waals surface area contributed by atoms with Crippen LogP contribution in [0.4, 0.5) is 5.13 Å². The molecule has 0 aliphatic heterocycles. The summed E-state index contributed by atoms with van der Waals surface area (Å²) in [5.41, 5.74) is 1.80. The van der Waals surface area contributed by atoms with Gasteiger partial charge in [0.2, 0.25) is 5.13 Å². The van der Waals surface area contributed by atoms with E-state index in [1.807, 2.05) is 29.6 Å². The Hall–Kier alpha value is -1.41. The summed E-state index contributed by atoms with van der Waals surface area (Å²) in [6, 6.07) is 9.47. The first-order valence-corrected chi connectivity index (χ1v) is 9.37. The zero-order valence-corrected chi connectivity index (χ0v) is 14.4. The third-order valence-corrected chi connectivity index (χ3v) is 5.66. The molecule has 0 saturated heterocycles. The molecular formula is C14H10ClN3OS3. The highest BCUT2D eigenvalue weighted by molar-refractivity contribution is 8.00. The third kappa shape index (κ3) is 4.07. The summed E-state index contributed by atoms with van der Waals surface area (Å²) in [5, 5.41) is 15.7. The standard InChI is InChI=1S/C14H10ClN3OS3/c15-11-3-1-9(2-4-11)7-21-14-18-17-13(22-14)16-12(19)10-5-6-20-8-10/h1-6,8H,7H2,(H,16,17,19). The van der Waals surface area contributed by atoms with Crippen molar-refractivity contribution >= 4 is 57.1 Å². The molecule has 1 N–H and O–H groups in total. The summed E-state index contributed by atoms with van der Waals surface area (Å²) in [7, 11) is 0. The number of carbonyl (C=O) groups excluding carboxylic acids is 1. The molecule has 0 spiro atoms. The number of thiophene rings is 1. The highest BCUT2D eigenvalue weighted by atomic mass is 35.5. The predicted octanol–water partition coefficient (Wildman–Crippen LogP) is 4.80. The number of anilines is 1. The number of hydrogen-bond donors (Lipinski definition) is 1. The molecule has 1 amide bonds. The van der Waals surface area contributed by atoms with Crippen molar-refractivity contribution in [3.8, 4) is 0 Å². The van der Waals surface area contributed by atoms with E-state index in [1.54, 1.807) is 23.2 Å². The molecule has 0 saturated carbocycles. The van der Waals surface area contributed by atoms with Crippen LogP contribution in [0, 0.1) is 0 Å². The van der Waals surface area contributed by atoms with Crippen LogP contribution in [-0.4, -0.2) is 16.1 Å². The minimum Gasteiger partial charge on any atom is -0.296 e. The van der Waals surface area contributed by atoms with Crippen molar-refractivity contribution in [3.63, 3.8) is 0 Å². The smallest absolute Gasteiger partial charge is 0.258 e. The van der Waals surface area contributed by atoms with Crippen molar-refractivity contribution in [3.05, 3.63) is 57.2 Å². The molecule has 0 atom stereocenters. The molecule has 4 nitrogen and oxygen atoms in total. The molecule has 112 valence electrons. The Balaban J connectivity index is 1.57. The lowest BCUT2D eigenvalue weighted by atomic mass is 10.2. The van der Waals surface area contributed by atoms with Gasteiger partial charge in [0.25, 0.3) is 5.91 Å². The maximum Gasteiger partial charge on any atom is 0.258 e. The van der Waals surface area contributed by atoms with Crippen molar-refractivity contribution in [2.45, 2.75) is 10.1 Å². The Morgan fingerprint density at radius 3 is 2.77 bits per heavy atom. The van der Waals surface area contributed by atoms with E-state index < -0.39 is 0 Å². The second kappa shape index (κ2) is 7.23. The number of benzene rings is 1. The van der Waals surface area contributed by atoms with Crippen LogP contribution in [0.25, 0.3) is 0 Å². The Bertz CT molecular complexity index is 756. The van der Waals surface area contributed by atoms with Crippen molar-refractivity contribution in [2.75, 3.05) is 5.32 Å². The minimum absolute atomic E-state index is 0.161. The number of hydrogen-bond acceptors (Lipinski definition) is 6. The average molecular weight is 368 g/mol. The number of thioether (sulfide) groups is 1. The molecule has 22 heavy (non-hydrogen) atoms. The molecule has 0 aliphatic carbocycles. The minimum atomic E-state index is -0.161. The number of carbonyl (C=O) groups is 1. The second-order valence-corrected chi connectivity index (χ2v) is 7.67. The zero-order valence-electron chi connectivity index (χ0n) is 11.2. The van der Waals surface area contributed by atoms with E-state index in [2.05, 4.69) is 15.5 Å². The molecule has 0 aliphatic rings. The van der Waals surface area contributed by atoms with Gasteiger partial charge in [-0.25, -0.2) is 0 Å². The molecule has 8 heteroatoms. The lowest BCUT2D eigenvalue weighted by Gasteiger charge is -1.98. The predicted molar refractivity (Wildman–Crippen MR) is 93.2 cm³/mol. The maximum absolute atomic E-state index is 11.9. The van der Waals surface area contributed by atoms with Gasteiger partial charge in [-0.2, -0.15) is 11.3 Å². The van der Waals surface area contributed by atoms with Gasteiger partial charge < -0.3 is 0 Å². The first-order valence-electron chi connectivity index (χ1n) is 6.25. The molecule has 3 rings (SSSR count). The zero-order chi connectivity index (χ0) is 15.4. The number of halogens is 1. The van der Waals surface area contributed by atoms with E-state index >= 15 is 0 Å². The van der Waals surface area contributed by atoms with E-state index in [4.69, 9.17) is 11.6 Å². The van der Waals surface area contributed by atoms with Crippen LogP contribution in [0.2, 0.25) is 5.02 Å². The van der Waals surface area contributed by atoms with E-state index in [0.717, 1.165) is 20.7 Å². The highest BCUT2D eigenvalue weighted by Gasteiger charge is 2.10. The van der Waals surface area contributed by atoms with Crippen LogP contribution in [0.5, 0.6) is 0 Å². The molecule has 2 heterocycles. The summed E-state index contributed by atoms with van der Waals surface area (Å²) in [4.78, 5) is 11.9. The molecular weight excluding hydrogens is 358 g/mol. The quantitative estimate of drug-likeness (QED) is 0.520. The lowest BCUT2D eigenvalue weighted by molar-refractivity contribution is 0.102. The molecule has 2 aromatic heterocycles. The third-order valence-electron chi connectivity index (χ3n) is 2.69. The van der Waals surface area contributed by atoms with Crippen molar-refractivity contribution in [1.82, 2.24) is 10.2 Å². The van der Waals surface area contributed by atoms with Gasteiger partial charge in [-0.1, -0.05) is 46.8 Å². The van der Waals surface area contributed by atoms with E-state index in [9.17, 15) is 4.79 Å². The first-order chi connectivity index (χ1) is 10.7. The Morgan fingerprint density at radius 2 is 2.05 bits per heavy atom. The van der Waals surface area contributed by atoms with Crippen LogP contribution in [0.15, 0.2) is 45.4 Å². The van der Waals surface area contributed by atoms with Gasteiger partial charge in [-0.3, -0.25) is 10.1 Å². The fraction of sp³-hybridized carbons (Fsp3) is 0.0714.